The first-order valence-electron chi connectivity index (χ1n) is 37.2. The molecule has 0 saturated carbocycles. The molecule has 3 N–H and O–H groups in total. The van der Waals surface area contributed by atoms with E-state index in [0.717, 1.165) is 109 Å². The smallest absolute Gasteiger partial charge is 0.387 e. The number of rotatable bonds is 67. The zero-order chi connectivity index (χ0) is 65.5. The molecule has 0 fully saturated rings. The molecule has 0 aromatic heterocycles. The number of hydrogen-bond acceptors (Lipinski definition) is 5. The van der Waals surface area contributed by atoms with Crippen molar-refractivity contribution in [2.75, 3.05) is 40.9 Å². The summed E-state index contributed by atoms with van der Waals surface area (Å²) in [5, 5.41) is 14.0. The summed E-state index contributed by atoms with van der Waals surface area (Å²) in [7, 11) is 1.54. The first kappa shape index (κ1) is 86.4. The molecule has 90 heavy (non-hydrogen) atoms. The average molecular weight is 1270 g/mol. The predicted octanol–water partition coefficient (Wildman–Crippen LogP) is 24.3. The van der Waals surface area contributed by atoms with E-state index >= 15 is 0 Å². The van der Waals surface area contributed by atoms with Crippen molar-refractivity contribution in [3.05, 3.63) is 146 Å². The lowest BCUT2D eigenvalue weighted by molar-refractivity contribution is -0.870. The molecule has 0 aliphatic rings. The number of hydrogen-bond donors (Lipinski definition) is 3. The van der Waals surface area contributed by atoms with Gasteiger partial charge in [0.05, 0.1) is 39.9 Å². The van der Waals surface area contributed by atoms with Crippen LogP contribution in [0.1, 0.15) is 309 Å². The Bertz CT molecular complexity index is 1980. The molecule has 3 unspecified atom stereocenters. The van der Waals surface area contributed by atoms with Gasteiger partial charge >= 0.3 is 7.82 Å². The minimum atomic E-state index is -4.37. The normalized spacial score (nSPS) is 14.4. The number of phosphoric ester groups is 1. The number of likely N-dealkylation sites (N-methyl/N-ethyl adjacent to an activating group) is 1. The molecule has 0 aromatic carbocycles. The molecule has 0 spiro atoms. The fraction of sp³-hybridized carbons (Fsp3) is 0.691. The highest BCUT2D eigenvalue weighted by atomic mass is 31.2. The third-order valence-electron chi connectivity index (χ3n) is 16.0. The SMILES string of the molecule is CC/C=C\C/C=C\C/C=C\C/C=C\C/C=C\C/C=C\C/C=C\C/C=C\C/C=C\C/C=C\CCCCCCCCCCCCC(=O)NC(COP(=O)(O)OCC[N+](C)(C)C)C(O)/C=C/CC/C=C/CCCCCCCCCCCCCCCCCCCCCCC. The number of quaternary nitrogens is 1. The molecular weight excluding hydrogens is 1130 g/mol. The molecule has 0 aliphatic carbocycles. The van der Waals surface area contributed by atoms with E-state index in [1.807, 2.05) is 27.2 Å². The summed E-state index contributed by atoms with van der Waals surface area (Å²) >= 11 is 0. The molecule has 0 aromatic rings. The maximum atomic E-state index is 13.1. The van der Waals surface area contributed by atoms with Crippen LogP contribution in [-0.4, -0.2) is 73.4 Å². The van der Waals surface area contributed by atoms with Crippen LogP contribution in [0.3, 0.4) is 0 Å². The Morgan fingerprint density at radius 3 is 1.02 bits per heavy atom. The maximum Gasteiger partial charge on any atom is 0.472 e. The van der Waals surface area contributed by atoms with Crippen molar-refractivity contribution >= 4 is 13.7 Å². The van der Waals surface area contributed by atoms with Crippen molar-refractivity contribution in [3.8, 4) is 0 Å². The molecule has 3 atom stereocenters. The van der Waals surface area contributed by atoms with Gasteiger partial charge in [0, 0.05) is 6.42 Å². The van der Waals surface area contributed by atoms with Gasteiger partial charge in [0.25, 0.3) is 0 Å². The largest absolute Gasteiger partial charge is 0.472 e. The second-order valence-electron chi connectivity index (χ2n) is 25.9. The van der Waals surface area contributed by atoms with Crippen molar-refractivity contribution in [2.24, 2.45) is 0 Å². The lowest BCUT2D eigenvalue weighted by Crippen LogP contribution is -2.45. The third kappa shape index (κ3) is 71.8. The summed E-state index contributed by atoms with van der Waals surface area (Å²) in [5.74, 6) is -0.194. The van der Waals surface area contributed by atoms with E-state index in [0.29, 0.717) is 17.4 Å². The monoisotopic (exact) mass is 1270 g/mol. The number of nitrogens with one attached hydrogen (secondary N) is 1. The Hall–Kier alpha value is -3.62. The number of allylic oxidation sites excluding steroid dienone is 23. The van der Waals surface area contributed by atoms with E-state index < -0.39 is 20.0 Å². The van der Waals surface area contributed by atoms with E-state index in [9.17, 15) is 19.4 Å². The Balaban J connectivity index is 4.13. The number of aliphatic hydroxyl groups is 1. The number of carbonyl (C=O) groups is 1. The van der Waals surface area contributed by atoms with E-state index in [-0.39, 0.29) is 19.1 Å². The number of aliphatic hydroxyl groups excluding tert-OH is 1. The van der Waals surface area contributed by atoms with Gasteiger partial charge in [0.1, 0.15) is 13.2 Å². The van der Waals surface area contributed by atoms with Crippen molar-refractivity contribution in [3.63, 3.8) is 0 Å². The summed E-state index contributed by atoms with van der Waals surface area (Å²) in [6, 6.07) is -0.877. The van der Waals surface area contributed by atoms with Crippen LogP contribution < -0.4 is 5.32 Å². The molecule has 0 heterocycles. The average Bonchev–Trinajstić information content (AvgIpc) is 3.09. The van der Waals surface area contributed by atoms with Crippen LogP contribution in [-0.2, 0) is 18.4 Å². The minimum Gasteiger partial charge on any atom is -0.387 e. The number of carbonyl (C=O) groups excluding carboxylic acids is 1. The molecule has 8 nitrogen and oxygen atoms in total. The molecule has 0 saturated heterocycles. The van der Waals surface area contributed by atoms with Crippen LogP contribution in [0.2, 0.25) is 0 Å². The minimum absolute atomic E-state index is 0.0492. The summed E-state index contributed by atoms with van der Waals surface area (Å²) in [6.07, 6.45) is 107. The van der Waals surface area contributed by atoms with E-state index in [1.54, 1.807) is 6.08 Å². The molecule has 0 rings (SSSR count). The van der Waals surface area contributed by atoms with Gasteiger partial charge in [-0.2, -0.15) is 0 Å². The van der Waals surface area contributed by atoms with Gasteiger partial charge in [0.2, 0.25) is 5.91 Å². The highest BCUT2D eigenvalue weighted by molar-refractivity contribution is 7.47. The van der Waals surface area contributed by atoms with Crippen LogP contribution in [0.4, 0.5) is 0 Å². The third-order valence-corrected chi connectivity index (χ3v) is 17.0. The number of nitrogens with zero attached hydrogens (tertiary/aromatic N) is 1. The maximum absolute atomic E-state index is 13.1. The molecule has 1 amide bonds. The van der Waals surface area contributed by atoms with E-state index in [2.05, 4.69) is 153 Å². The summed E-state index contributed by atoms with van der Waals surface area (Å²) in [6.45, 7) is 4.70. The zero-order valence-electron chi connectivity index (χ0n) is 59.1. The predicted molar refractivity (Wildman–Crippen MR) is 396 cm³/mol. The standard InChI is InChI=1S/C81H141N2O6P/c1-6-8-10-12-14-16-18-20-22-24-26-28-30-32-34-35-36-37-38-39-40-41-42-43-44-45-46-47-49-51-53-55-57-59-61-63-65-67-69-71-73-75-81(85)82-79(78-89-90(86,87)88-77-76-83(3,4)5)80(84)74-72-70-68-66-64-62-60-58-56-54-52-50-48-33-31-29-27-25-23-21-19-17-15-13-11-9-7-2/h8,10,14,16,20,22,26,28,32,34,36-37,39-40,42-43,45-46,49,51,64,66,72,74,79-80,84H,6-7,9,11-13,15,17-19,21,23-25,27,29-31,33,35,38,41,44,47-48,50,52-63,65,67-71,73,75-78H2,1-5H3,(H-,82,85,86,87)/p+1/b10-8-,16-14-,22-20-,28-26-,34-32-,37-36-,40-39-,43-42-,46-45-,51-49-,66-64+,74-72+. The molecule has 9 heteroatoms. The van der Waals surface area contributed by atoms with Gasteiger partial charge < -0.3 is 19.8 Å². The van der Waals surface area contributed by atoms with Crippen LogP contribution in [0.25, 0.3) is 0 Å². The number of phosphoric acid groups is 1. The van der Waals surface area contributed by atoms with Crippen molar-refractivity contribution in [1.29, 1.82) is 0 Å². The van der Waals surface area contributed by atoms with Crippen molar-refractivity contribution in [1.82, 2.24) is 5.32 Å². The highest BCUT2D eigenvalue weighted by Crippen LogP contribution is 2.43. The van der Waals surface area contributed by atoms with Gasteiger partial charge in [-0.3, -0.25) is 13.8 Å². The second-order valence-corrected chi connectivity index (χ2v) is 27.4. The first-order valence-corrected chi connectivity index (χ1v) is 38.7. The fourth-order valence-corrected chi connectivity index (χ4v) is 11.1. The topological polar surface area (TPSA) is 105 Å². The van der Waals surface area contributed by atoms with Gasteiger partial charge in [-0.15, -0.1) is 0 Å². The lowest BCUT2D eigenvalue weighted by atomic mass is 10.0. The quantitative estimate of drug-likeness (QED) is 0.0243. The van der Waals surface area contributed by atoms with Crippen LogP contribution >= 0.6 is 7.82 Å². The van der Waals surface area contributed by atoms with Crippen molar-refractivity contribution < 1.29 is 32.9 Å². The summed E-state index contributed by atoms with van der Waals surface area (Å²) in [4.78, 5) is 23.4. The van der Waals surface area contributed by atoms with Gasteiger partial charge in [-0.1, -0.05) is 339 Å². The van der Waals surface area contributed by atoms with Crippen LogP contribution in [0, 0.1) is 0 Å². The molecular formula is C81H142N2O6P+. The van der Waals surface area contributed by atoms with Gasteiger partial charge in [-0.05, 0) is 109 Å². The Morgan fingerprint density at radius 1 is 0.389 bits per heavy atom. The lowest BCUT2D eigenvalue weighted by Gasteiger charge is -2.25. The first-order chi connectivity index (χ1) is 44.0. The van der Waals surface area contributed by atoms with E-state index in [1.165, 1.54) is 180 Å². The Morgan fingerprint density at radius 2 is 0.678 bits per heavy atom. The molecule has 0 aliphatic heterocycles. The number of amides is 1. The van der Waals surface area contributed by atoms with E-state index in [4.69, 9.17) is 9.05 Å². The fourth-order valence-electron chi connectivity index (χ4n) is 10.3. The Labute approximate surface area is 557 Å². The molecule has 0 radical (unpaired) electrons. The van der Waals surface area contributed by atoms with Gasteiger partial charge in [-0.25, -0.2) is 4.57 Å². The Kier molecular flexibility index (Phi) is 66.9. The van der Waals surface area contributed by atoms with Crippen molar-refractivity contribution in [2.45, 2.75) is 321 Å². The van der Waals surface area contributed by atoms with Crippen LogP contribution in [0.15, 0.2) is 146 Å². The highest BCUT2D eigenvalue weighted by Gasteiger charge is 2.28. The molecule has 516 valence electrons. The zero-order valence-corrected chi connectivity index (χ0v) is 60.0. The number of unbranched alkanes of at least 4 members (excludes halogenated alkanes) is 32. The second kappa shape index (κ2) is 69.7. The molecule has 0 bridgehead atoms. The van der Waals surface area contributed by atoms with Gasteiger partial charge in [0.15, 0.2) is 0 Å². The summed E-state index contributed by atoms with van der Waals surface area (Å²) < 4.78 is 23.8. The summed E-state index contributed by atoms with van der Waals surface area (Å²) in [5.41, 5.74) is 0. The van der Waals surface area contributed by atoms with Crippen LogP contribution in [0.5, 0.6) is 0 Å².